The number of esters is 1. The highest BCUT2D eigenvalue weighted by atomic mass is 19.4. The number of hydrogen-bond acceptors (Lipinski definition) is 3. The van der Waals surface area contributed by atoms with Crippen molar-refractivity contribution in [1.82, 2.24) is 10.2 Å². The molecular weight excluding hydrogens is 486 g/mol. The minimum Gasteiger partial charge on any atom is -0.466 e. The monoisotopic (exact) mass is 511 g/mol. The molecule has 0 saturated heterocycles. The second-order valence-electron chi connectivity index (χ2n) is 8.53. The molecule has 0 unspecified atom stereocenters. The lowest BCUT2D eigenvalue weighted by atomic mass is 9.94. The molecule has 1 N–H and O–H groups in total. The van der Waals surface area contributed by atoms with Gasteiger partial charge < -0.3 is 15.0 Å². The molecule has 4 rings (SSSR count). The van der Waals surface area contributed by atoms with Gasteiger partial charge in [0.2, 0.25) is 0 Å². The van der Waals surface area contributed by atoms with Crippen LogP contribution < -0.4 is 5.32 Å². The summed E-state index contributed by atoms with van der Waals surface area (Å²) in [4.78, 5) is 19.2. The van der Waals surface area contributed by atoms with Gasteiger partial charge in [0.25, 0.3) is 0 Å². The van der Waals surface area contributed by atoms with E-state index in [1.807, 2.05) is 30.3 Å². The molecule has 1 atom stereocenters. The van der Waals surface area contributed by atoms with E-state index in [9.17, 15) is 22.4 Å². The fourth-order valence-electron chi connectivity index (χ4n) is 4.21. The predicted molar refractivity (Wildman–Crippen MR) is 132 cm³/mol. The summed E-state index contributed by atoms with van der Waals surface area (Å²) in [7, 11) is 1.27. The van der Waals surface area contributed by atoms with E-state index in [0.717, 1.165) is 17.7 Å². The van der Waals surface area contributed by atoms with E-state index in [2.05, 4.69) is 10.3 Å². The molecule has 1 aliphatic heterocycles. The highest BCUT2D eigenvalue weighted by Gasteiger charge is 2.35. The van der Waals surface area contributed by atoms with Crippen LogP contribution in [0.25, 0.3) is 0 Å². The molecule has 1 aliphatic rings. The Hall–Kier alpha value is -4.14. The van der Waals surface area contributed by atoms with Crippen LogP contribution in [-0.4, -0.2) is 23.9 Å². The molecule has 192 valence electrons. The zero-order chi connectivity index (χ0) is 26.6. The van der Waals surface area contributed by atoms with Crippen molar-refractivity contribution < 1.29 is 27.1 Å². The average molecular weight is 512 g/mol. The zero-order valence-electron chi connectivity index (χ0n) is 20.2. The van der Waals surface area contributed by atoms with Gasteiger partial charge in [0.1, 0.15) is 5.82 Å². The number of hydrogen-bond donors (Lipinski definition) is 1. The molecule has 0 amide bonds. The number of benzene rings is 3. The lowest BCUT2D eigenvalue weighted by Crippen LogP contribution is -2.48. The van der Waals surface area contributed by atoms with Crippen LogP contribution in [0.15, 0.2) is 95.1 Å². The van der Waals surface area contributed by atoms with Crippen molar-refractivity contribution in [3.8, 4) is 0 Å². The number of aliphatic imine (C=N–C) groups is 1. The molecule has 9 heteroatoms. The molecule has 0 spiro atoms. The molecule has 3 aromatic carbocycles. The third kappa shape index (κ3) is 5.99. The standard InChI is InChI=1S/C28H25F4N3O2/c1-18-24(26(36)37-2)25(21-11-7-13-23(29)15-21)34-27(35(18)17-19-8-4-3-5-9-19)33-16-20-10-6-12-22(14-20)28(30,31)32/h3-15,25H,16-17H2,1-2H3,(H,33,34)/t25-/m0/s1. The van der Waals surface area contributed by atoms with E-state index in [1.54, 1.807) is 24.0 Å². The van der Waals surface area contributed by atoms with Crippen molar-refractivity contribution in [3.05, 3.63) is 118 Å². The maximum absolute atomic E-state index is 14.1. The number of carbonyl (C=O) groups is 1. The van der Waals surface area contributed by atoms with Gasteiger partial charge in [-0.1, -0.05) is 54.6 Å². The Morgan fingerprint density at radius 3 is 2.38 bits per heavy atom. The van der Waals surface area contributed by atoms with Gasteiger partial charge in [0.05, 0.1) is 37.4 Å². The summed E-state index contributed by atoms with van der Waals surface area (Å²) >= 11 is 0. The lowest BCUT2D eigenvalue weighted by molar-refractivity contribution is -0.138. The number of guanidine groups is 1. The summed E-state index contributed by atoms with van der Waals surface area (Å²) in [6.07, 6.45) is -4.47. The molecule has 0 bridgehead atoms. The fourth-order valence-corrected chi connectivity index (χ4v) is 4.21. The molecule has 1 heterocycles. The quantitative estimate of drug-likeness (QED) is 0.326. The Morgan fingerprint density at radius 2 is 1.70 bits per heavy atom. The normalized spacial score (nSPS) is 17.1. The van der Waals surface area contributed by atoms with Crippen LogP contribution >= 0.6 is 0 Å². The van der Waals surface area contributed by atoms with Gasteiger partial charge in [0.15, 0.2) is 5.96 Å². The van der Waals surface area contributed by atoms with Crippen LogP contribution in [0.2, 0.25) is 0 Å². The Kier molecular flexibility index (Phi) is 7.61. The van der Waals surface area contributed by atoms with Gasteiger partial charge in [-0.3, -0.25) is 0 Å². The Morgan fingerprint density at radius 1 is 1.00 bits per heavy atom. The van der Waals surface area contributed by atoms with E-state index in [-0.39, 0.29) is 12.1 Å². The lowest BCUT2D eigenvalue weighted by Gasteiger charge is -2.38. The van der Waals surface area contributed by atoms with Crippen molar-refractivity contribution in [2.45, 2.75) is 32.2 Å². The number of nitrogens with zero attached hydrogens (tertiary/aromatic N) is 2. The van der Waals surface area contributed by atoms with Gasteiger partial charge in [-0.15, -0.1) is 0 Å². The first kappa shape index (κ1) is 25.9. The molecular formula is C28H25F4N3O2. The Labute approximate surface area is 212 Å². The Bertz CT molecular complexity index is 1340. The topological polar surface area (TPSA) is 53.9 Å². The summed E-state index contributed by atoms with van der Waals surface area (Å²) in [6, 6.07) is 19.5. The van der Waals surface area contributed by atoms with E-state index in [4.69, 9.17) is 4.74 Å². The van der Waals surface area contributed by atoms with Gasteiger partial charge in [-0.2, -0.15) is 13.2 Å². The van der Waals surface area contributed by atoms with Crippen LogP contribution in [0.5, 0.6) is 0 Å². The predicted octanol–water partition coefficient (Wildman–Crippen LogP) is 5.99. The Balaban J connectivity index is 1.79. The first-order valence-corrected chi connectivity index (χ1v) is 11.5. The summed E-state index contributed by atoms with van der Waals surface area (Å²) < 4.78 is 58.8. The van der Waals surface area contributed by atoms with Gasteiger partial charge >= 0.3 is 12.1 Å². The van der Waals surface area contributed by atoms with Crippen LogP contribution in [0.1, 0.15) is 35.2 Å². The smallest absolute Gasteiger partial charge is 0.416 e. The third-order valence-electron chi connectivity index (χ3n) is 6.05. The molecule has 0 fully saturated rings. The van der Waals surface area contributed by atoms with Gasteiger partial charge in [-0.25, -0.2) is 14.2 Å². The van der Waals surface area contributed by atoms with Crippen molar-refractivity contribution >= 4 is 11.9 Å². The minimum absolute atomic E-state index is 0.0474. The summed E-state index contributed by atoms with van der Waals surface area (Å²) in [6.45, 7) is 2.02. The number of alkyl halides is 3. The first-order valence-electron chi connectivity index (χ1n) is 11.5. The van der Waals surface area contributed by atoms with E-state index >= 15 is 0 Å². The molecule has 0 aromatic heterocycles. The van der Waals surface area contributed by atoms with Crippen molar-refractivity contribution in [3.63, 3.8) is 0 Å². The number of halogens is 4. The number of ether oxygens (including phenoxy) is 1. The van der Waals surface area contributed by atoms with Crippen molar-refractivity contribution in [1.29, 1.82) is 0 Å². The number of rotatable bonds is 6. The summed E-state index contributed by atoms with van der Waals surface area (Å²) in [5.74, 6) is -0.731. The van der Waals surface area contributed by atoms with E-state index in [0.29, 0.717) is 29.3 Å². The second-order valence-corrected chi connectivity index (χ2v) is 8.53. The molecule has 0 aliphatic carbocycles. The summed E-state index contributed by atoms with van der Waals surface area (Å²) in [5, 5.41) is 3.21. The largest absolute Gasteiger partial charge is 0.466 e. The highest BCUT2D eigenvalue weighted by Crippen LogP contribution is 2.33. The molecule has 0 radical (unpaired) electrons. The van der Waals surface area contributed by atoms with E-state index in [1.165, 1.54) is 31.4 Å². The van der Waals surface area contributed by atoms with Crippen molar-refractivity contribution in [2.24, 2.45) is 4.99 Å². The molecule has 37 heavy (non-hydrogen) atoms. The maximum atomic E-state index is 14.1. The van der Waals surface area contributed by atoms with Crippen LogP contribution in [0.4, 0.5) is 17.6 Å². The summed E-state index contributed by atoms with van der Waals surface area (Å²) in [5.41, 5.74) is 1.82. The van der Waals surface area contributed by atoms with Gasteiger partial charge in [-0.05, 0) is 47.9 Å². The number of allylic oxidation sites excluding steroid dienone is 1. The fraction of sp³-hybridized carbons (Fsp3) is 0.214. The van der Waals surface area contributed by atoms with Crippen LogP contribution in [0, 0.1) is 5.82 Å². The third-order valence-corrected chi connectivity index (χ3v) is 6.05. The highest BCUT2D eigenvalue weighted by molar-refractivity contribution is 5.96. The molecule has 0 saturated carbocycles. The minimum atomic E-state index is -4.47. The SMILES string of the molecule is COC(=O)C1=C(C)N(Cc2ccccc2)C(=NCc2cccc(C(F)(F)F)c2)N[C@H]1c1cccc(F)c1. The van der Waals surface area contributed by atoms with Crippen molar-refractivity contribution in [2.75, 3.05) is 7.11 Å². The van der Waals surface area contributed by atoms with Crippen LogP contribution in [-0.2, 0) is 28.8 Å². The first-order chi connectivity index (χ1) is 17.7. The van der Waals surface area contributed by atoms with Gasteiger partial charge in [0, 0.05) is 5.70 Å². The molecule has 3 aromatic rings. The number of nitrogens with one attached hydrogen (secondary N) is 1. The second kappa shape index (κ2) is 10.9. The molecule has 5 nitrogen and oxygen atoms in total. The zero-order valence-corrected chi connectivity index (χ0v) is 20.2. The average Bonchev–Trinajstić information content (AvgIpc) is 2.88. The van der Waals surface area contributed by atoms with Crippen LogP contribution in [0.3, 0.4) is 0 Å². The maximum Gasteiger partial charge on any atom is 0.416 e. The number of carbonyl (C=O) groups excluding carboxylic acids is 1. The van der Waals surface area contributed by atoms with E-state index < -0.39 is 29.6 Å². The number of methoxy groups -OCH3 is 1.